The van der Waals surface area contributed by atoms with Crippen LogP contribution in [-0.4, -0.2) is 19.6 Å². The summed E-state index contributed by atoms with van der Waals surface area (Å²) < 4.78 is 2.23. The molecule has 1 N–H and O–H groups in total. The van der Waals surface area contributed by atoms with E-state index in [0.717, 1.165) is 83.6 Å². The fourth-order valence-electron chi connectivity index (χ4n) is 9.87. The summed E-state index contributed by atoms with van der Waals surface area (Å²) in [5.74, 6) is 0.806. The van der Waals surface area contributed by atoms with Gasteiger partial charge in [0.15, 0.2) is 0 Å². The summed E-state index contributed by atoms with van der Waals surface area (Å²) in [6.45, 7) is 11.3. The van der Waals surface area contributed by atoms with Gasteiger partial charge in [0.05, 0.1) is 22.3 Å². The SMILES string of the molecule is CC(C)(C)c1ccc(-n2c(-c3cccc(-c4ccccc4)c3O)nc3c(-c4[c-]c(-c5cc(-c6ccc(C(C)(C)c7ccccc7)cc6)ccn5)cc(-c5ccccc5)c4)cccc32)c(-c2ccccc2)c1.[Pt]. The molecule has 0 unspecified atom stereocenters. The van der Waals surface area contributed by atoms with Crippen LogP contribution in [0.2, 0.25) is 0 Å². The van der Waals surface area contributed by atoms with Crippen molar-refractivity contribution in [1.29, 1.82) is 0 Å². The average molecular weight is 1110 g/mol. The number of phenols is 1. The van der Waals surface area contributed by atoms with Crippen LogP contribution in [0.3, 0.4) is 0 Å². The quantitative estimate of drug-likeness (QED) is 0.139. The molecule has 0 saturated carbocycles. The van der Waals surface area contributed by atoms with E-state index in [2.05, 4.69) is 215 Å². The molecule has 0 saturated heterocycles. The van der Waals surface area contributed by atoms with E-state index < -0.39 is 0 Å². The first kappa shape index (κ1) is 47.8. The maximum Gasteiger partial charge on any atom is 0.148 e. The van der Waals surface area contributed by atoms with Crippen LogP contribution in [0.15, 0.2) is 231 Å². The van der Waals surface area contributed by atoms with Crippen molar-refractivity contribution in [3.63, 3.8) is 0 Å². The number of fused-ring (bicyclic) bond motifs is 1. The van der Waals surface area contributed by atoms with E-state index >= 15 is 0 Å². The van der Waals surface area contributed by atoms with Gasteiger partial charge >= 0.3 is 0 Å². The van der Waals surface area contributed by atoms with Crippen molar-refractivity contribution in [2.24, 2.45) is 0 Å². The Balaban J connectivity index is 0.00000596. The van der Waals surface area contributed by atoms with Crippen molar-refractivity contribution >= 4 is 11.0 Å². The number of aromatic nitrogens is 3. The fraction of sp³-hybridized carbons (Fsp3) is 0.104. The Morgan fingerprint density at radius 2 is 0.972 bits per heavy atom. The first-order valence-electron chi connectivity index (χ1n) is 24.4. The largest absolute Gasteiger partial charge is 0.507 e. The molecule has 11 rings (SSSR count). The van der Waals surface area contributed by atoms with E-state index in [1.807, 2.05) is 60.8 Å². The van der Waals surface area contributed by atoms with E-state index in [-0.39, 0.29) is 37.6 Å². The summed E-state index contributed by atoms with van der Waals surface area (Å²) in [6.07, 6.45) is 1.90. The second-order valence-electron chi connectivity index (χ2n) is 19.9. The van der Waals surface area contributed by atoms with Crippen LogP contribution in [0.5, 0.6) is 5.75 Å². The summed E-state index contributed by atoms with van der Waals surface area (Å²) in [5.41, 5.74) is 18.5. The van der Waals surface area contributed by atoms with Crippen molar-refractivity contribution in [2.75, 3.05) is 0 Å². The maximum absolute atomic E-state index is 12.4. The molecule has 11 aromatic rings. The van der Waals surface area contributed by atoms with Crippen LogP contribution in [0.4, 0.5) is 0 Å². The van der Waals surface area contributed by atoms with Crippen molar-refractivity contribution in [1.82, 2.24) is 14.5 Å². The molecule has 0 fully saturated rings. The van der Waals surface area contributed by atoms with Crippen LogP contribution in [0.25, 0.3) is 95.0 Å². The van der Waals surface area contributed by atoms with E-state index in [0.29, 0.717) is 11.4 Å². The topological polar surface area (TPSA) is 50.9 Å². The monoisotopic (exact) mass is 1110 g/mol. The van der Waals surface area contributed by atoms with Gasteiger partial charge < -0.3 is 5.11 Å². The first-order chi connectivity index (χ1) is 34.5. The van der Waals surface area contributed by atoms with Gasteiger partial charge in [0.25, 0.3) is 0 Å². The van der Waals surface area contributed by atoms with Crippen molar-refractivity contribution in [2.45, 2.75) is 45.4 Å². The summed E-state index contributed by atoms with van der Waals surface area (Å²) in [4.78, 5) is 10.6. The zero-order valence-corrected chi connectivity index (χ0v) is 43.3. The Bertz CT molecular complexity index is 3690. The molecule has 0 atom stereocenters. The first-order valence-corrected chi connectivity index (χ1v) is 24.4. The number of pyridine rings is 1. The summed E-state index contributed by atoms with van der Waals surface area (Å²) in [6, 6.07) is 82.3. The molecule has 0 aliphatic heterocycles. The Morgan fingerprint density at radius 3 is 1.64 bits per heavy atom. The van der Waals surface area contributed by atoms with Crippen molar-refractivity contribution < 1.29 is 26.2 Å². The number of nitrogens with zero attached hydrogens (tertiary/aromatic N) is 3. The summed E-state index contributed by atoms with van der Waals surface area (Å²) in [7, 11) is 0. The molecule has 5 heteroatoms. The van der Waals surface area contributed by atoms with Gasteiger partial charge in [0, 0.05) is 49.5 Å². The van der Waals surface area contributed by atoms with Crippen LogP contribution >= 0.6 is 0 Å². The Kier molecular flexibility index (Phi) is 13.1. The number of aromatic hydroxyl groups is 1. The Morgan fingerprint density at radius 1 is 0.431 bits per heavy atom. The minimum absolute atomic E-state index is 0. The molecule has 0 radical (unpaired) electrons. The van der Waals surface area contributed by atoms with Gasteiger partial charge in [-0.05, 0) is 80.3 Å². The zero-order chi connectivity index (χ0) is 48.7. The third-order valence-electron chi connectivity index (χ3n) is 14.0. The number of imidazole rings is 1. The van der Waals surface area contributed by atoms with Gasteiger partial charge in [-0.2, -0.15) is 0 Å². The molecule has 2 heterocycles. The minimum atomic E-state index is -0.139. The van der Waals surface area contributed by atoms with Gasteiger partial charge in [-0.25, -0.2) is 4.98 Å². The van der Waals surface area contributed by atoms with E-state index in [1.54, 1.807) is 0 Å². The molecular formula is C67H54N3OPt-. The van der Waals surface area contributed by atoms with Crippen molar-refractivity contribution in [3.05, 3.63) is 253 Å². The Hall–Kier alpha value is -7.91. The number of hydrogen-bond donors (Lipinski definition) is 1. The number of benzene rings is 9. The van der Waals surface area contributed by atoms with E-state index in [4.69, 9.17) is 9.97 Å². The molecule has 9 aromatic carbocycles. The number of rotatable bonds is 10. The van der Waals surface area contributed by atoms with Crippen LogP contribution in [-0.2, 0) is 31.9 Å². The molecule has 0 spiro atoms. The molecule has 0 amide bonds. The van der Waals surface area contributed by atoms with Gasteiger partial charge in [-0.15, -0.1) is 23.8 Å². The van der Waals surface area contributed by atoms with Crippen LogP contribution in [0, 0.1) is 6.07 Å². The Labute approximate surface area is 437 Å². The van der Waals surface area contributed by atoms with Gasteiger partial charge in [-0.3, -0.25) is 9.55 Å². The second-order valence-corrected chi connectivity index (χ2v) is 19.9. The molecular weight excluding hydrogens is 1060 g/mol. The van der Waals surface area contributed by atoms with Crippen molar-refractivity contribution in [3.8, 4) is 89.7 Å². The normalized spacial score (nSPS) is 11.6. The predicted octanol–water partition coefficient (Wildman–Crippen LogP) is 17.2. The summed E-state index contributed by atoms with van der Waals surface area (Å²) in [5, 5.41) is 12.4. The maximum atomic E-state index is 12.4. The van der Waals surface area contributed by atoms with Gasteiger partial charge in [-0.1, -0.05) is 233 Å². The number of para-hydroxylation sites is 2. The predicted molar refractivity (Wildman–Crippen MR) is 295 cm³/mol. The molecule has 2 aromatic heterocycles. The molecule has 0 aliphatic rings. The second kappa shape index (κ2) is 19.7. The van der Waals surface area contributed by atoms with Gasteiger partial charge in [0.2, 0.25) is 0 Å². The van der Waals surface area contributed by atoms with E-state index in [9.17, 15) is 5.11 Å². The third kappa shape index (κ3) is 9.15. The van der Waals surface area contributed by atoms with Crippen LogP contribution in [0.1, 0.15) is 51.3 Å². The smallest absolute Gasteiger partial charge is 0.148 e. The van der Waals surface area contributed by atoms with E-state index in [1.165, 1.54) is 16.7 Å². The molecule has 72 heavy (non-hydrogen) atoms. The zero-order valence-electron chi connectivity index (χ0n) is 41.0. The van der Waals surface area contributed by atoms with Gasteiger partial charge in [0.1, 0.15) is 11.6 Å². The van der Waals surface area contributed by atoms with Crippen LogP contribution < -0.4 is 0 Å². The molecule has 354 valence electrons. The molecule has 4 nitrogen and oxygen atoms in total. The molecule has 0 aliphatic carbocycles. The average Bonchev–Trinajstić information content (AvgIpc) is 3.81. The fourth-order valence-corrected chi connectivity index (χ4v) is 9.87. The standard InChI is InChI=1S/C67H54N3O.Pt/c1-66(2,3)55-36-37-61(59(44-55)48-24-14-8-15-25-48)70-62-31-19-28-56(63(62)69-65(70)58-30-18-29-57(64(58)71)47-22-12-7-13-23-47)51-40-50(45-20-10-6-11-21-45)41-52(42-51)60-43-49(38-39-68-60)46-32-34-54(35-33-46)67(4,5)53-26-16-9-17-27-53;/h6-41,43-44,71H,1-5H3;/q-1;. The number of hydrogen-bond acceptors (Lipinski definition) is 3. The number of phenolic OH excluding ortho intramolecular Hbond substituents is 1. The molecule has 0 bridgehead atoms. The summed E-state index contributed by atoms with van der Waals surface area (Å²) >= 11 is 0. The minimum Gasteiger partial charge on any atom is -0.507 e. The third-order valence-corrected chi connectivity index (χ3v) is 14.0.